The maximum atomic E-state index is 12.0. The lowest BCUT2D eigenvalue weighted by Gasteiger charge is -2.04. The smallest absolute Gasteiger partial charge is 0.267 e. The molecular formula is C14H9N3O2. The van der Waals surface area contributed by atoms with E-state index in [1.807, 2.05) is 0 Å². The Morgan fingerprint density at radius 2 is 1.58 bits per heavy atom. The molecule has 0 N–H and O–H groups in total. The summed E-state index contributed by atoms with van der Waals surface area (Å²) < 4.78 is 0. The van der Waals surface area contributed by atoms with Gasteiger partial charge >= 0.3 is 0 Å². The summed E-state index contributed by atoms with van der Waals surface area (Å²) in [5.41, 5.74) is 1.34. The van der Waals surface area contributed by atoms with E-state index in [1.54, 1.807) is 48.7 Å². The van der Waals surface area contributed by atoms with Crippen molar-refractivity contribution in [2.24, 2.45) is 5.10 Å². The van der Waals surface area contributed by atoms with Crippen molar-refractivity contribution in [2.75, 3.05) is 0 Å². The van der Waals surface area contributed by atoms with Crippen LogP contribution < -0.4 is 0 Å². The van der Waals surface area contributed by atoms with E-state index >= 15 is 0 Å². The third-order valence-electron chi connectivity index (χ3n) is 2.77. The molecule has 19 heavy (non-hydrogen) atoms. The molecule has 2 amide bonds. The highest BCUT2D eigenvalue weighted by Crippen LogP contribution is 2.22. The van der Waals surface area contributed by atoms with Crippen molar-refractivity contribution in [1.29, 1.82) is 0 Å². The van der Waals surface area contributed by atoms with Gasteiger partial charge in [0.15, 0.2) is 0 Å². The summed E-state index contributed by atoms with van der Waals surface area (Å²) in [5, 5.41) is 4.78. The van der Waals surface area contributed by atoms with Crippen LogP contribution in [0.3, 0.4) is 0 Å². The number of carbonyl (C=O) groups excluding carboxylic acids is 2. The first-order valence-corrected chi connectivity index (χ1v) is 5.70. The molecule has 3 rings (SSSR count). The second-order valence-corrected chi connectivity index (χ2v) is 3.97. The van der Waals surface area contributed by atoms with Crippen LogP contribution in [0.1, 0.15) is 26.4 Å². The third kappa shape index (κ3) is 1.91. The topological polar surface area (TPSA) is 62.6 Å². The molecule has 1 aliphatic rings. The molecule has 1 aromatic heterocycles. The van der Waals surface area contributed by atoms with Gasteiger partial charge in [0, 0.05) is 6.20 Å². The fourth-order valence-electron chi connectivity index (χ4n) is 1.85. The van der Waals surface area contributed by atoms with Crippen molar-refractivity contribution in [1.82, 2.24) is 9.99 Å². The average Bonchev–Trinajstić information content (AvgIpc) is 2.71. The van der Waals surface area contributed by atoms with Crippen LogP contribution in [0.25, 0.3) is 0 Å². The summed E-state index contributed by atoms with van der Waals surface area (Å²) >= 11 is 0. The second-order valence-electron chi connectivity index (χ2n) is 3.97. The highest BCUT2D eigenvalue weighted by molar-refractivity contribution is 6.21. The molecule has 5 heteroatoms. The van der Waals surface area contributed by atoms with E-state index in [2.05, 4.69) is 10.1 Å². The first kappa shape index (κ1) is 11.3. The van der Waals surface area contributed by atoms with Crippen LogP contribution in [-0.2, 0) is 0 Å². The minimum absolute atomic E-state index is 0.380. The highest BCUT2D eigenvalue weighted by Gasteiger charge is 2.35. The number of pyridine rings is 1. The van der Waals surface area contributed by atoms with Gasteiger partial charge in [0.25, 0.3) is 11.8 Å². The maximum Gasteiger partial charge on any atom is 0.282 e. The molecule has 0 saturated heterocycles. The Balaban J connectivity index is 1.91. The molecule has 0 saturated carbocycles. The number of aromatic nitrogens is 1. The van der Waals surface area contributed by atoms with Crippen molar-refractivity contribution < 1.29 is 9.59 Å². The molecule has 0 bridgehead atoms. The maximum absolute atomic E-state index is 12.0. The van der Waals surface area contributed by atoms with E-state index in [9.17, 15) is 9.59 Å². The van der Waals surface area contributed by atoms with Crippen molar-refractivity contribution in [2.45, 2.75) is 0 Å². The molecule has 5 nitrogen and oxygen atoms in total. The molecule has 2 aromatic rings. The fourth-order valence-corrected chi connectivity index (χ4v) is 1.85. The lowest BCUT2D eigenvalue weighted by molar-refractivity contribution is 0.0660. The van der Waals surface area contributed by atoms with Crippen LogP contribution in [-0.4, -0.2) is 28.0 Å². The Bertz CT molecular complexity index is 645. The van der Waals surface area contributed by atoms with Crippen LogP contribution in [0, 0.1) is 0 Å². The predicted octanol–water partition coefficient (Wildman–Crippen LogP) is 1.71. The van der Waals surface area contributed by atoms with E-state index in [0.717, 1.165) is 5.01 Å². The normalized spacial score (nSPS) is 14.2. The van der Waals surface area contributed by atoms with E-state index in [1.165, 1.54) is 6.21 Å². The van der Waals surface area contributed by atoms with Gasteiger partial charge in [-0.3, -0.25) is 14.6 Å². The number of hydrogen-bond acceptors (Lipinski definition) is 4. The number of imide groups is 1. The molecule has 2 heterocycles. The van der Waals surface area contributed by atoms with E-state index < -0.39 is 11.8 Å². The number of hydrazone groups is 1. The number of hydrogen-bond donors (Lipinski definition) is 0. The first-order valence-electron chi connectivity index (χ1n) is 5.70. The molecule has 0 radical (unpaired) electrons. The molecule has 0 fully saturated rings. The summed E-state index contributed by atoms with van der Waals surface area (Å²) in [6, 6.07) is 12.0. The van der Waals surface area contributed by atoms with Crippen molar-refractivity contribution in [3.63, 3.8) is 0 Å². The lowest BCUT2D eigenvalue weighted by Crippen LogP contribution is -2.24. The van der Waals surface area contributed by atoms with Gasteiger partial charge in [-0.25, -0.2) is 0 Å². The Kier molecular flexibility index (Phi) is 2.64. The molecule has 0 unspecified atom stereocenters. The molecule has 0 atom stereocenters. The van der Waals surface area contributed by atoms with E-state index in [4.69, 9.17) is 0 Å². The largest absolute Gasteiger partial charge is 0.282 e. The summed E-state index contributed by atoms with van der Waals surface area (Å²) in [5.74, 6) is -0.819. The average molecular weight is 251 g/mol. The van der Waals surface area contributed by atoms with Crippen molar-refractivity contribution in [3.05, 3.63) is 65.5 Å². The zero-order valence-electron chi connectivity index (χ0n) is 9.85. The fraction of sp³-hybridized carbons (Fsp3) is 0. The van der Waals surface area contributed by atoms with Crippen LogP contribution in [0.4, 0.5) is 0 Å². The van der Waals surface area contributed by atoms with Gasteiger partial charge in [0.05, 0.1) is 23.0 Å². The van der Waals surface area contributed by atoms with Gasteiger partial charge in [0.2, 0.25) is 0 Å². The Hall–Kier alpha value is -2.82. The predicted molar refractivity (Wildman–Crippen MR) is 68.8 cm³/mol. The van der Waals surface area contributed by atoms with Gasteiger partial charge in [0.1, 0.15) is 0 Å². The van der Waals surface area contributed by atoms with Gasteiger partial charge in [-0.2, -0.15) is 10.1 Å². The van der Waals surface area contributed by atoms with Gasteiger partial charge in [-0.15, -0.1) is 0 Å². The molecule has 0 spiro atoms. The summed E-state index contributed by atoms with van der Waals surface area (Å²) in [6.45, 7) is 0. The van der Waals surface area contributed by atoms with Gasteiger partial charge in [-0.05, 0) is 24.3 Å². The molecule has 0 aliphatic carbocycles. The van der Waals surface area contributed by atoms with Crippen LogP contribution in [0.2, 0.25) is 0 Å². The minimum Gasteiger partial charge on any atom is -0.267 e. The first-order chi connectivity index (χ1) is 9.27. The number of rotatable bonds is 2. The lowest BCUT2D eigenvalue weighted by atomic mass is 10.1. The highest BCUT2D eigenvalue weighted by atomic mass is 16.2. The molecule has 1 aliphatic heterocycles. The third-order valence-corrected chi connectivity index (χ3v) is 2.77. The van der Waals surface area contributed by atoms with Crippen molar-refractivity contribution >= 4 is 18.0 Å². The zero-order chi connectivity index (χ0) is 13.2. The monoisotopic (exact) mass is 251 g/mol. The van der Waals surface area contributed by atoms with Gasteiger partial charge < -0.3 is 0 Å². The van der Waals surface area contributed by atoms with Crippen LogP contribution >= 0.6 is 0 Å². The second kappa shape index (κ2) is 4.45. The number of amides is 2. The summed E-state index contributed by atoms with van der Waals surface area (Å²) in [4.78, 5) is 28.0. The van der Waals surface area contributed by atoms with Crippen LogP contribution in [0.5, 0.6) is 0 Å². The van der Waals surface area contributed by atoms with E-state index in [0.29, 0.717) is 16.8 Å². The van der Waals surface area contributed by atoms with Gasteiger partial charge in [-0.1, -0.05) is 18.2 Å². The van der Waals surface area contributed by atoms with E-state index in [-0.39, 0.29) is 0 Å². The number of nitrogens with zero attached hydrogens (tertiary/aromatic N) is 3. The summed E-state index contributed by atoms with van der Waals surface area (Å²) in [7, 11) is 0. The van der Waals surface area contributed by atoms with Crippen molar-refractivity contribution in [3.8, 4) is 0 Å². The summed E-state index contributed by atoms with van der Waals surface area (Å²) in [6.07, 6.45) is 3.01. The Morgan fingerprint density at radius 3 is 2.16 bits per heavy atom. The quantitative estimate of drug-likeness (QED) is 0.603. The number of carbonyl (C=O) groups is 2. The number of fused-ring (bicyclic) bond motifs is 1. The zero-order valence-corrected chi connectivity index (χ0v) is 9.85. The molecule has 92 valence electrons. The minimum atomic E-state index is -0.409. The van der Waals surface area contributed by atoms with Crippen LogP contribution in [0.15, 0.2) is 53.8 Å². The SMILES string of the molecule is O=C1c2ccccc2C(=O)N1/N=C/c1ccccn1. The standard InChI is InChI=1S/C14H9N3O2/c18-13-11-6-1-2-7-12(11)14(19)17(13)16-9-10-5-3-4-8-15-10/h1-9H/b16-9+. The number of benzene rings is 1. The Labute approximate surface area is 109 Å². The molecular weight excluding hydrogens is 242 g/mol. The Morgan fingerprint density at radius 1 is 0.947 bits per heavy atom. The molecule has 1 aromatic carbocycles.